The molecule has 6 heteroatoms. The van der Waals surface area contributed by atoms with Gasteiger partial charge in [0.2, 0.25) is 5.13 Å². The fourth-order valence-corrected chi connectivity index (χ4v) is 2.78. The van der Waals surface area contributed by atoms with Crippen molar-refractivity contribution >= 4 is 38.6 Å². The average molecular weight is 374 g/mol. The van der Waals surface area contributed by atoms with Crippen molar-refractivity contribution in [2.45, 2.75) is 0 Å². The van der Waals surface area contributed by atoms with E-state index in [4.69, 9.17) is 0 Å². The van der Waals surface area contributed by atoms with Crippen LogP contribution in [-0.2, 0) is 0 Å². The van der Waals surface area contributed by atoms with Gasteiger partial charge in [-0.2, -0.15) is 5.10 Å². The predicted octanol–water partition coefficient (Wildman–Crippen LogP) is 4.72. The summed E-state index contributed by atoms with van der Waals surface area (Å²) in [7, 11) is 0. The number of phenolic OH excluding ortho intramolecular Hbond substituents is 1. The van der Waals surface area contributed by atoms with Gasteiger partial charge in [-0.15, -0.1) is 11.3 Å². The van der Waals surface area contributed by atoms with Crippen LogP contribution in [0.5, 0.6) is 5.75 Å². The van der Waals surface area contributed by atoms with E-state index in [1.807, 2.05) is 35.7 Å². The molecule has 110 valence electrons. The third-order valence-corrected chi connectivity index (χ3v) is 4.16. The van der Waals surface area contributed by atoms with E-state index in [0.29, 0.717) is 5.13 Å². The Morgan fingerprint density at radius 1 is 1.18 bits per heavy atom. The van der Waals surface area contributed by atoms with Gasteiger partial charge in [0.1, 0.15) is 5.75 Å². The summed E-state index contributed by atoms with van der Waals surface area (Å²) in [5.41, 5.74) is 5.69. The fraction of sp³-hybridized carbons (Fsp3) is 0. The second kappa shape index (κ2) is 6.72. The van der Waals surface area contributed by atoms with E-state index < -0.39 is 0 Å². The first-order chi connectivity index (χ1) is 10.7. The van der Waals surface area contributed by atoms with E-state index in [9.17, 15) is 5.11 Å². The van der Waals surface area contributed by atoms with Crippen LogP contribution in [0.25, 0.3) is 11.3 Å². The summed E-state index contributed by atoms with van der Waals surface area (Å²) in [5.74, 6) is 0.218. The summed E-state index contributed by atoms with van der Waals surface area (Å²) in [6.45, 7) is 0. The number of aromatic nitrogens is 1. The Morgan fingerprint density at radius 2 is 2.00 bits per heavy atom. The predicted molar refractivity (Wildman–Crippen MR) is 94.6 cm³/mol. The molecule has 2 aromatic carbocycles. The Hall–Kier alpha value is -2.18. The van der Waals surface area contributed by atoms with Crippen LogP contribution < -0.4 is 5.43 Å². The number of aromatic hydroxyl groups is 1. The number of phenols is 1. The summed E-state index contributed by atoms with van der Waals surface area (Å²) < 4.78 is 1.04. The lowest BCUT2D eigenvalue weighted by Crippen LogP contribution is -1.90. The topological polar surface area (TPSA) is 57.5 Å². The number of hydrogen-bond donors (Lipinski definition) is 2. The van der Waals surface area contributed by atoms with Crippen LogP contribution >= 0.6 is 27.3 Å². The molecule has 0 amide bonds. The molecular formula is C16H12BrN3OS. The molecule has 1 aromatic heterocycles. The molecule has 0 saturated carbocycles. The first-order valence-corrected chi connectivity index (χ1v) is 8.17. The molecule has 1 heterocycles. The second-order valence-electron chi connectivity index (χ2n) is 4.51. The van der Waals surface area contributed by atoms with Gasteiger partial charge in [-0.05, 0) is 29.8 Å². The average Bonchev–Trinajstić information content (AvgIpc) is 2.97. The van der Waals surface area contributed by atoms with Crippen LogP contribution in [0.2, 0.25) is 0 Å². The van der Waals surface area contributed by atoms with Gasteiger partial charge in [0.15, 0.2) is 0 Å². The number of rotatable bonds is 4. The lowest BCUT2D eigenvalue weighted by Gasteiger charge is -1.97. The standard InChI is InChI=1S/C16H12BrN3OS/c17-13-6-4-12(5-7-13)15-10-22-16(19-15)20-18-9-11-2-1-3-14(21)8-11/h1-10,21H,(H,19,20)/b18-9+. The zero-order valence-electron chi connectivity index (χ0n) is 11.4. The molecular weight excluding hydrogens is 362 g/mol. The highest BCUT2D eigenvalue weighted by atomic mass is 79.9. The number of hydrogen-bond acceptors (Lipinski definition) is 5. The van der Waals surface area contributed by atoms with Crippen LogP contribution in [-0.4, -0.2) is 16.3 Å². The van der Waals surface area contributed by atoms with E-state index >= 15 is 0 Å². The Kier molecular flexibility index (Phi) is 4.50. The van der Waals surface area contributed by atoms with Gasteiger partial charge in [-0.3, -0.25) is 5.43 Å². The highest BCUT2D eigenvalue weighted by Crippen LogP contribution is 2.26. The summed E-state index contributed by atoms with van der Waals surface area (Å²) in [4.78, 5) is 4.49. The minimum Gasteiger partial charge on any atom is -0.508 e. The molecule has 2 N–H and O–H groups in total. The van der Waals surface area contributed by atoms with Crippen molar-refractivity contribution in [1.82, 2.24) is 4.98 Å². The number of nitrogens with zero attached hydrogens (tertiary/aromatic N) is 2. The molecule has 0 fully saturated rings. The van der Waals surface area contributed by atoms with Crippen molar-refractivity contribution in [3.8, 4) is 17.0 Å². The number of thiazole rings is 1. The Bertz CT molecular complexity index is 799. The fourth-order valence-electron chi connectivity index (χ4n) is 1.85. The molecule has 22 heavy (non-hydrogen) atoms. The minimum absolute atomic E-state index is 0.218. The van der Waals surface area contributed by atoms with E-state index in [0.717, 1.165) is 21.3 Å². The maximum atomic E-state index is 9.38. The van der Waals surface area contributed by atoms with E-state index in [1.54, 1.807) is 24.4 Å². The van der Waals surface area contributed by atoms with Crippen molar-refractivity contribution in [2.75, 3.05) is 5.43 Å². The first kappa shape index (κ1) is 14.7. The maximum absolute atomic E-state index is 9.38. The highest BCUT2D eigenvalue weighted by Gasteiger charge is 2.03. The molecule has 0 bridgehead atoms. The van der Waals surface area contributed by atoms with Gasteiger partial charge in [-0.1, -0.05) is 40.2 Å². The van der Waals surface area contributed by atoms with Crippen LogP contribution in [0.1, 0.15) is 5.56 Å². The maximum Gasteiger partial charge on any atom is 0.203 e. The summed E-state index contributed by atoms with van der Waals surface area (Å²) >= 11 is 4.91. The van der Waals surface area contributed by atoms with Gasteiger partial charge < -0.3 is 5.11 Å². The molecule has 4 nitrogen and oxygen atoms in total. The Balaban J connectivity index is 1.68. The number of benzene rings is 2. The molecule has 0 radical (unpaired) electrons. The quantitative estimate of drug-likeness (QED) is 0.513. The number of hydrazone groups is 1. The van der Waals surface area contributed by atoms with Crippen molar-refractivity contribution in [3.63, 3.8) is 0 Å². The molecule has 0 spiro atoms. The molecule has 0 unspecified atom stereocenters. The van der Waals surface area contributed by atoms with E-state index in [1.165, 1.54) is 11.3 Å². The Labute approximate surface area is 140 Å². The minimum atomic E-state index is 0.218. The smallest absolute Gasteiger partial charge is 0.203 e. The lowest BCUT2D eigenvalue weighted by atomic mass is 10.2. The lowest BCUT2D eigenvalue weighted by molar-refractivity contribution is 0.475. The van der Waals surface area contributed by atoms with Crippen molar-refractivity contribution < 1.29 is 5.11 Å². The monoisotopic (exact) mass is 373 g/mol. The van der Waals surface area contributed by atoms with Crippen LogP contribution in [0, 0.1) is 0 Å². The third-order valence-electron chi connectivity index (χ3n) is 2.89. The van der Waals surface area contributed by atoms with Gasteiger partial charge in [0.05, 0.1) is 11.9 Å². The first-order valence-electron chi connectivity index (χ1n) is 6.50. The van der Waals surface area contributed by atoms with Gasteiger partial charge in [0.25, 0.3) is 0 Å². The molecule has 0 aliphatic rings. The molecule has 3 aromatic rings. The van der Waals surface area contributed by atoms with Gasteiger partial charge in [0, 0.05) is 15.4 Å². The normalized spacial score (nSPS) is 11.0. The van der Waals surface area contributed by atoms with Gasteiger partial charge >= 0.3 is 0 Å². The summed E-state index contributed by atoms with van der Waals surface area (Å²) in [6, 6.07) is 14.9. The molecule has 0 saturated heterocycles. The number of anilines is 1. The number of nitrogens with one attached hydrogen (secondary N) is 1. The largest absolute Gasteiger partial charge is 0.508 e. The summed E-state index contributed by atoms with van der Waals surface area (Å²) in [5, 5.41) is 16.2. The van der Waals surface area contributed by atoms with E-state index in [2.05, 4.69) is 31.4 Å². The van der Waals surface area contributed by atoms with Crippen LogP contribution in [0.4, 0.5) is 5.13 Å². The Morgan fingerprint density at radius 3 is 2.77 bits per heavy atom. The SMILES string of the molecule is Oc1cccc(/C=N/Nc2nc(-c3ccc(Br)cc3)cs2)c1. The van der Waals surface area contributed by atoms with E-state index in [-0.39, 0.29) is 5.75 Å². The molecule has 3 rings (SSSR count). The van der Waals surface area contributed by atoms with Crippen molar-refractivity contribution in [1.29, 1.82) is 0 Å². The summed E-state index contributed by atoms with van der Waals surface area (Å²) in [6.07, 6.45) is 1.64. The van der Waals surface area contributed by atoms with Crippen molar-refractivity contribution in [3.05, 3.63) is 63.9 Å². The van der Waals surface area contributed by atoms with Crippen LogP contribution in [0.15, 0.2) is 63.5 Å². The highest BCUT2D eigenvalue weighted by molar-refractivity contribution is 9.10. The molecule has 0 aliphatic carbocycles. The second-order valence-corrected chi connectivity index (χ2v) is 6.28. The number of halogens is 1. The van der Waals surface area contributed by atoms with Crippen LogP contribution in [0.3, 0.4) is 0 Å². The van der Waals surface area contributed by atoms with Gasteiger partial charge in [-0.25, -0.2) is 4.98 Å². The van der Waals surface area contributed by atoms with Crippen molar-refractivity contribution in [2.24, 2.45) is 5.10 Å². The zero-order valence-corrected chi connectivity index (χ0v) is 13.8. The zero-order chi connectivity index (χ0) is 15.4. The molecule has 0 aliphatic heterocycles. The third kappa shape index (κ3) is 3.72. The molecule has 0 atom stereocenters.